The van der Waals surface area contributed by atoms with Crippen LogP contribution in [0.5, 0.6) is 5.75 Å². The second kappa shape index (κ2) is 6.06. The molecule has 1 aliphatic heterocycles. The second-order valence-corrected chi connectivity index (χ2v) is 5.35. The van der Waals surface area contributed by atoms with E-state index in [1.807, 2.05) is 24.3 Å². The minimum Gasteiger partial charge on any atom is -0.480 e. The Bertz CT molecular complexity index is 421. The van der Waals surface area contributed by atoms with Gasteiger partial charge in [-0.3, -0.25) is 4.79 Å². The molecule has 0 aromatic heterocycles. The van der Waals surface area contributed by atoms with Crippen molar-refractivity contribution in [2.24, 2.45) is 11.7 Å². The lowest BCUT2D eigenvalue weighted by atomic mass is 10.0. The van der Waals surface area contributed by atoms with E-state index in [4.69, 9.17) is 10.5 Å². The van der Waals surface area contributed by atoms with E-state index in [9.17, 15) is 4.79 Å². The van der Waals surface area contributed by atoms with E-state index < -0.39 is 6.10 Å². The summed E-state index contributed by atoms with van der Waals surface area (Å²) in [5.41, 5.74) is 6.68. The van der Waals surface area contributed by atoms with Crippen LogP contribution in [0.25, 0.3) is 0 Å². The molecular formula is C15H22N2O2. The van der Waals surface area contributed by atoms with Gasteiger partial charge in [-0.25, -0.2) is 0 Å². The standard InChI is InChI=1S/C15H22N2O2/c1-10(2)12(7-8-16)17-15(18)14-9-11-5-3-4-6-13(11)19-14/h3-6,10,12,14H,7-9,16H2,1-2H3,(H,17,18). The first kappa shape index (κ1) is 13.9. The Labute approximate surface area is 114 Å². The topological polar surface area (TPSA) is 64.3 Å². The summed E-state index contributed by atoms with van der Waals surface area (Å²) in [5, 5.41) is 3.05. The van der Waals surface area contributed by atoms with E-state index in [1.165, 1.54) is 0 Å². The van der Waals surface area contributed by atoms with Gasteiger partial charge >= 0.3 is 0 Å². The van der Waals surface area contributed by atoms with Gasteiger partial charge in [0.05, 0.1) is 0 Å². The van der Waals surface area contributed by atoms with Gasteiger partial charge in [-0.1, -0.05) is 32.0 Å². The number of carbonyl (C=O) groups is 1. The van der Waals surface area contributed by atoms with E-state index in [1.54, 1.807) is 0 Å². The summed E-state index contributed by atoms with van der Waals surface area (Å²) in [5.74, 6) is 1.15. The molecule has 4 nitrogen and oxygen atoms in total. The van der Waals surface area contributed by atoms with E-state index >= 15 is 0 Å². The predicted molar refractivity (Wildman–Crippen MR) is 75.0 cm³/mol. The summed E-state index contributed by atoms with van der Waals surface area (Å²) < 4.78 is 5.68. The van der Waals surface area contributed by atoms with Crippen molar-refractivity contribution in [3.8, 4) is 5.75 Å². The van der Waals surface area contributed by atoms with Crippen molar-refractivity contribution in [2.45, 2.75) is 38.8 Å². The Kier molecular flexibility index (Phi) is 4.43. The number of nitrogens with two attached hydrogens (primary N) is 1. The number of hydrogen-bond acceptors (Lipinski definition) is 3. The van der Waals surface area contributed by atoms with Crippen LogP contribution in [0.15, 0.2) is 24.3 Å². The zero-order valence-corrected chi connectivity index (χ0v) is 11.6. The fraction of sp³-hybridized carbons (Fsp3) is 0.533. The summed E-state index contributed by atoms with van der Waals surface area (Å²) in [6.07, 6.45) is 1.04. The number of fused-ring (bicyclic) bond motifs is 1. The monoisotopic (exact) mass is 262 g/mol. The molecule has 2 unspecified atom stereocenters. The van der Waals surface area contributed by atoms with Crippen LogP contribution in [-0.4, -0.2) is 24.6 Å². The van der Waals surface area contributed by atoms with Crippen LogP contribution in [0, 0.1) is 5.92 Å². The molecule has 1 amide bonds. The van der Waals surface area contributed by atoms with Crippen molar-refractivity contribution in [1.82, 2.24) is 5.32 Å². The highest BCUT2D eigenvalue weighted by Crippen LogP contribution is 2.28. The smallest absolute Gasteiger partial charge is 0.261 e. The van der Waals surface area contributed by atoms with Gasteiger partial charge in [0.25, 0.3) is 5.91 Å². The molecule has 2 rings (SSSR count). The van der Waals surface area contributed by atoms with Gasteiger partial charge < -0.3 is 15.8 Å². The van der Waals surface area contributed by atoms with Gasteiger partial charge in [0.1, 0.15) is 5.75 Å². The number of hydrogen-bond donors (Lipinski definition) is 2. The maximum absolute atomic E-state index is 12.2. The normalized spacial score (nSPS) is 18.8. The molecule has 0 saturated carbocycles. The molecule has 1 aliphatic rings. The van der Waals surface area contributed by atoms with Gasteiger partial charge in [0.15, 0.2) is 6.10 Å². The van der Waals surface area contributed by atoms with Crippen LogP contribution < -0.4 is 15.8 Å². The highest BCUT2D eigenvalue weighted by molar-refractivity contribution is 5.82. The second-order valence-electron chi connectivity index (χ2n) is 5.35. The van der Waals surface area contributed by atoms with E-state index in [-0.39, 0.29) is 11.9 Å². The lowest BCUT2D eigenvalue weighted by Crippen LogP contribution is -2.46. The largest absolute Gasteiger partial charge is 0.480 e. The van der Waals surface area contributed by atoms with Gasteiger partial charge in [0, 0.05) is 12.5 Å². The number of para-hydroxylation sites is 1. The van der Waals surface area contributed by atoms with Crippen LogP contribution in [0.4, 0.5) is 0 Å². The number of carbonyl (C=O) groups excluding carboxylic acids is 1. The van der Waals surface area contributed by atoms with Crippen molar-refractivity contribution in [3.05, 3.63) is 29.8 Å². The minimum atomic E-state index is -0.406. The van der Waals surface area contributed by atoms with Gasteiger partial charge in [-0.15, -0.1) is 0 Å². The number of amides is 1. The fourth-order valence-corrected chi connectivity index (χ4v) is 2.36. The molecule has 1 heterocycles. The lowest BCUT2D eigenvalue weighted by molar-refractivity contribution is -0.128. The van der Waals surface area contributed by atoms with Gasteiger partial charge in [0.2, 0.25) is 0 Å². The van der Waals surface area contributed by atoms with Gasteiger partial charge in [-0.2, -0.15) is 0 Å². The SMILES string of the molecule is CC(C)C(CCN)NC(=O)C1Cc2ccccc2O1. The summed E-state index contributed by atoms with van der Waals surface area (Å²) >= 11 is 0. The molecule has 0 fully saturated rings. The van der Waals surface area contributed by atoms with Crippen LogP contribution in [0.3, 0.4) is 0 Å². The van der Waals surface area contributed by atoms with Crippen molar-refractivity contribution < 1.29 is 9.53 Å². The molecule has 0 saturated heterocycles. The number of benzene rings is 1. The number of nitrogens with one attached hydrogen (secondary N) is 1. The summed E-state index contributed by atoms with van der Waals surface area (Å²) in [7, 11) is 0. The zero-order valence-electron chi connectivity index (χ0n) is 11.6. The van der Waals surface area contributed by atoms with Crippen molar-refractivity contribution in [1.29, 1.82) is 0 Å². The highest BCUT2D eigenvalue weighted by atomic mass is 16.5. The third kappa shape index (κ3) is 3.26. The Hall–Kier alpha value is -1.55. The first-order chi connectivity index (χ1) is 9.11. The maximum Gasteiger partial charge on any atom is 0.261 e. The molecule has 0 radical (unpaired) electrons. The van der Waals surface area contributed by atoms with Crippen molar-refractivity contribution in [2.75, 3.05) is 6.54 Å². The van der Waals surface area contributed by atoms with Crippen LogP contribution in [-0.2, 0) is 11.2 Å². The fourth-order valence-electron chi connectivity index (χ4n) is 2.36. The first-order valence-electron chi connectivity index (χ1n) is 6.86. The molecule has 0 aliphatic carbocycles. The molecule has 4 heteroatoms. The average molecular weight is 262 g/mol. The molecule has 104 valence electrons. The summed E-state index contributed by atoms with van der Waals surface area (Å²) in [6, 6.07) is 7.91. The average Bonchev–Trinajstić information content (AvgIpc) is 2.81. The van der Waals surface area contributed by atoms with E-state index in [2.05, 4.69) is 19.2 Å². The minimum absolute atomic E-state index is 0.0386. The summed E-state index contributed by atoms with van der Waals surface area (Å²) in [4.78, 5) is 12.2. The predicted octanol–water partition coefficient (Wildman–Crippen LogP) is 1.48. The number of rotatable bonds is 5. The van der Waals surface area contributed by atoms with Gasteiger partial charge in [-0.05, 0) is 30.5 Å². The Morgan fingerprint density at radius 1 is 1.47 bits per heavy atom. The number of ether oxygens (including phenoxy) is 1. The summed E-state index contributed by atoms with van der Waals surface area (Å²) in [6.45, 7) is 4.75. The highest BCUT2D eigenvalue weighted by Gasteiger charge is 2.30. The van der Waals surface area contributed by atoms with E-state index in [0.29, 0.717) is 18.9 Å². The molecule has 2 atom stereocenters. The van der Waals surface area contributed by atoms with E-state index in [0.717, 1.165) is 17.7 Å². The maximum atomic E-state index is 12.2. The van der Waals surface area contributed by atoms with Crippen LogP contribution in [0.1, 0.15) is 25.8 Å². The van der Waals surface area contributed by atoms with Crippen molar-refractivity contribution in [3.63, 3.8) is 0 Å². The molecular weight excluding hydrogens is 240 g/mol. The Balaban J connectivity index is 1.95. The molecule has 1 aromatic carbocycles. The molecule has 1 aromatic rings. The third-order valence-corrected chi connectivity index (χ3v) is 3.55. The molecule has 3 N–H and O–H groups in total. The molecule has 0 bridgehead atoms. The first-order valence-corrected chi connectivity index (χ1v) is 6.86. The Morgan fingerprint density at radius 3 is 2.84 bits per heavy atom. The Morgan fingerprint density at radius 2 is 2.21 bits per heavy atom. The van der Waals surface area contributed by atoms with Crippen LogP contribution in [0.2, 0.25) is 0 Å². The third-order valence-electron chi connectivity index (χ3n) is 3.55. The molecule has 19 heavy (non-hydrogen) atoms. The quantitative estimate of drug-likeness (QED) is 0.845. The van der Waals surface area contributed by atoms with Crippen LogP contribution >= 0.6 is 0 Å². The van der Waals surface area contributed by atoms with Crippen molar-refractivity contribution >= 4 is 5.91 Å². The lowest BCUT2D eigenvalue weighted by Gasteiger charge is -2.23. The molecule has 0 spiro atoms. The zero-order chi connectivity index (χ0) is 13.8.